The van der Waals surface area contributed by atoms with Crippen molar-refractivity contribution in [3.8, 4) is 0 Å². The summed E-state index contributed by atoms with van der Waals surface area (Å²) < 4.78 is 5.29. The highest BCUT2D eigenvalue weighted by Gasteiger charge is 2.15. The lowest BCUT2D eigenvalue weighted by atomic mass is 10.1. The molecule has 1 aliphatic heterocycles. The number of unbranched alkanes of at least 4 members (excludes halogenated alkanes) is 3. The first-order chi connectivity index (χ1) is 10.8. The molecule has 1 aromatic carbocycles. The summed E-state index contributed by atoms with van der Waals surface area (Å²) in [5.41, 5.74) is 1.41. The van der Waals surface area contributed by atoms with Crippen LogP contribution in [0.5, 0.6) is 0 Å². The number of aryl methyl sites for hydroxylation is 1. The molecule has 1 atom stereocenters. The van der Waals surface area contributed by atoms with Crippen molar-refractivity contribution in [2.45, 2.75) is 38.5 Å². The number of amides is 1. The molecule has 0 aliphatic carbocycles. The van der Waals surface area contributed by atoms with Crippen molar-refractivity contribution in [1.82, 2.24) is 5.32 Å². The molecule has 1 aliphatic rings. The van der Waals surface area contributed by atoms with E-state index >= 15 is 0 Å². The third kappa shape index (κ3) is 6.90. The maximum absolute atomic E-state index is 11.6. The first-order valence-electron chi connectivity index (χ1n) is 8.40. The lowest BCUT2D eigenvalue weighted by Crippen LogP contribution is -2.27. The summed E-state index contributed by atoms with van der Waals surface area (Å²) in [5, 5.41) is 2.94. The second-order valence-corrected chi connectivity index (χ2v) is 5.96. The SMILES string of the molecule is O=C(/C=C/CCCCCc1ccccc1)NCC1CCOC1. The summed E-state index contributed by atoms with van der Waals surface area (Å²) in [5.74, 6) is 0.520. The van der Waals surface area contributed by atoms with Crippen molar-refractivity contribution in [1.29, 1.82) is 0 Å². The van der Waals surface area contributed by atoms with Crippen molar-refractivity contribution in [2.24, 2.45) is 5.92 Å². The lowest BCUT2D eigenvalue weighted by Gasteiger charge is -2.07. The maximum Gasteiger partial charge on any atom is 0.243 e. The van der Waals surface area contributed by atoms with E-state index in [0.29, 0.717) is 5.92 Å². The van der Waals surface area contributed by atoms with E-state index in [0.717, 1.165) is 45.4 Å². The second-order valence-electron chi connectivity index (χ2n) is 5.96. The van der Waals surface area contributed by atoms with Crippen molar-refractivity contribution >= 4 is 5.91 Å². The normalized spacial score (nSPS) is 17.9. The molecular formula is C19H27NO2. The van der Waals surface area contributed by atoms with E-state index < -0.39 is 0 Å². The minimum atomic E-state index is 0.0242. The monoisotopic (exact) mass is 301 g/mol. The van der Waals surface area contributed by atoms with Gasteiger partial charge >= 0.3 is 0 Å². The summed E-state index contributed by atoms with van der Waals surface area (Å²) >= 11 is 0. The second kappa shape index (κ2) is 10.2. The first-order valence-corrected chi connectivity index (χ1v) is 8.40. The molecule has 1 fully saturated rings. The molecule has 0 bridgehead atoms. The van der Waals surface area contributed by atoms with E-state index in [2.05, 4.69) is 35.6 Å². The third-order valence-corrected chi connectivity index (χ3v) is 4.04. The number of carbonyl (C=O) groups excluding carboxylic acids is 1. The van der Waals surface area contributed by atoms with Crippen molar-refractivity contribution in [3.63, 3.8) is 0 Å². The number of hydrogen-bond donors (Lipinski definition) is 1. The fourth-order valence-electron chi connectivity index (χ4n) is 2.65. The van der Waals surface area contributed by atoms with Gasteiger partial charge in [0.15, 0.2) is 0 Å². The standard InChI is InChI=1S/C19H27NO2/c21-19(20-15-18-13-14-22-16-18)12-8-3-1-2-5-9-17-10-6-4-7-11-17/h4,6-8,10-12,18H,1-3,5,9,13-16H2,(H,20,21)/b12-8+. The molecule has 2 rings (SSSR count). The first kappa shape index (κ1) is 16.8. The molecule has 0 aromatic heterocycles. The number of nitrogens with one attached hydrogen (secondary N) is 1. The van der Waals surface area contributed by atoms with Crippen LogP contribution in [-0.2, 0) is 16.0 Å². The van der Waals surface area contributed by atoms with Gasteiger partial charge in [0.05, 0.1) is 6.61 Å². The Morgan fingerprint density at radius 1 is 1.23 bits per heavy atom. The number of benzene rings is 1. The number of rotatable bonds is 9. The zero-order valence-electron chi connectivity index (χ0n) is 13.3. The largest absolute Gasteiger partial charge is 0.381 e. The highest BCUT2D eigenvalue weighted by Crippen LogP contribution is 2.10. The van der Waals surface area contributed by atoms with Crippen LogP contribution in [0.3, 0.4) is 0 Å². The van der Waals surface area contributed by atoms with Gasteiger partial charge in [0.25, 0.3) is 0 Å². The third-order valence-electron chi connectivity index (χ3n) is 4.04. The zero-order valence-corrected chi connectivity index (χ0v) is 13.3. The molecule has 3 nitrogen and oxygen atoms in total. The van der Waals surface area contributed by atoms with E-state index in [4.69, 9.17) is 4.74 Å². The van der Waals surface area contributed by atoms with Gasteiger partial charge in [0, 0.05) is 19.1 Å². The van der Waals surface area contributed by atoms with Crippen LogP contribution in [-0.4, -0.2) is 25.7 Å². The minimum Gasteiger partial charge on any atom is -0.381 e. The van der Waals surface area contributed by atoms with Gasteiger partial charge in [-0.1, -0.05) is 42.8 Å². The molecule has 1 saturated heterocycles. The van der Waals surface area contributed by atoms with Gasteiger partial charge in [-0.05, 0) is 43.7 Å². The van der Waals surface area contributed by atoms with Crippen molar-refractivity contribution < 1.29 is 9.53 Å². The minimum absolute atomic E-state index is 0.0242. The van der Waals surface area contributed by atoms with E-state index in [1.165, 1.54) is 18.4 Å². The van der Waals surface area contributed by atoms with Crippen LogP contribution >= 0.6 is 0 Å². The van der Waals surface area contributed by atoms with Gasteiger partial charge in [-0.25, -0.2) is 0 Å². The number of carbonyl (C=O) groups is 1. The van der Waals surface area contributed by atoms with E-state index in [1.54, 1.807) is 6.08 Å². The fraction of sp³-hybridized carbons (Fsp3) is 0.526. The van der Waals surface area contributed by atoms with Crippen molar-refractivity contribution in [2.75, 3.05) is 19.8 Å². The number of allylic oxidation sites excluding steroid dienone is 1. The Morgan fingerprint density at radius 3 is 2.86 bits per heavy atom. The topological polar surface area (TPSA) is 38.3 Å². The van der Waals surface area contributed by atoms with E-state index in [9.17, 15) is 4.79 Å². The quantitative estimate of drug-likeness (QED) is 0.560. The van der Waals surface area contributed by atoms with Crippen LogP contribution in [0.25, 0.3) is 0 Å². The van der Waals surface area contributed by atoms with Crippen LogP contribution < -0.4 is 5.32 Å². The van der Waals surface area contributed by atoms with Crippen LogP contribution in [0.1, 0.15) is 37.7 Å². The Hall–Kier alpha value is -1.61. The van der Waals surface area contributed by atoms with E-state index in [1.807, 2.05) is 6.08 Å². The van der Waals surface area contributed by atoms with Gasteiger partial charge < -0.3 is 10.1 Å². The molecule has 1 unspecified atom stereocenters. The summed E-state index contributed by atoms with van der Waals surface area (Å²) in [4.78, 5) is 11.6. The molecule has 3 heteroatoms. The van der Waals surface area contributed by atoms with Gasteiger partial charge in [0.2, 0.25) is 5.91 Å². The predicted octanol–water partition coefficient (Wildman–Crippen LogP) is 3.50. The van der Waals surface area contributed by atoms with Gasteiger partial charge in [-0.2, -0.15) is 0 Å². The van der Waals surface area contributed by atoms with Crippen molar-refractivity contribution in [3.05, 3.63) is 48.0 Å². The summed E-state index contributed by atoms with van der Waals surface area (Å²) in [7, 11) is 0. The molecule has 1 heterocycles. The summed E-state index contributed by atoms with van der Waals surface area (Å²) in [6, 6.07) is 10.6. The molecule has 22 heavy (non-hydrogen) atoms. The average molecular weight is 301 g/mol. The predicted molar refractivity (Wildman–Crippen MR) is 89.7 cm³/mol. The molecule has 0 saturated carbocycles. The van der Waals surface area contributed by atoms with Crippen LogP contribution in [0, 0.1) is 5.92 Å². The Balaban J connectivity index is 1.46. The molecular weight excluding hydrogens is 274 g/mol. The van der Waals surface area contributed by atoms with Gasteiger partial charge in [-0.3, -0.25) is 4.79 Å². The fourth-order valence-corrected chi connectivity index (χ4v) is 2.65. The van der Waals surface area contributed by atoms with Gasteiger partial charge in [0.1, 0.15) is 0 Å². The summed E-state index contributed by atoms with van der Waals surface area (Å²) in [6.45, 7) is 2.35. The maximum atomic E-state index is 11.6. The smallest absolute Gasteiger partial charge is 0.243 e. The van der Waals surface area contributed by atoms with Crippen LogP contribution in [0.15, 0.2) is 42.5 Å². The Kier molecular flexibility index (Phi) is 7.75. The zero-order chi connectivity index (χ0) is 15.5. The average Bonchev–Trinajstić information content (AvgIpc) is 3.06. The molecule has 0 spiro atoms. The lowest BCUT2D eigenvalue weighted by molar-refractivity contribution is -0.116. The molecule has 1 N–H and O–H groups in total. The van der Waals surface area contributed by atoms with Crippen LogP contribution in [0.4, 0.5) is 0 Å². The molecule has 120 valence electrons. The molecule has 0 radical (unpaired) electrons. The molecule has 1 amide bonds. The Bertz CT molecular complexity index is 450. The highest BCUT2D eigenvalue weighted by molar-refractivity contribution is 5.87. The highest BCUT2D eigenvalue weighted by atomic mass is 16.5. The number of ether oxygens (including phenoxy) is 1. The van der Waals surface area contributed by atoms with Crippen LogP contribution in [0.2, 0.25) is 0 Å². The number of hydrogen-bond acceptors (Lipinski definition) is 2. The van der Waals surface area contributed by atoms with E-state index in [-0.39, 0.29) is 5.91 Å². The Labute approximate surface area is 133 Å². The van der Waals surface area contributed by atoms with Gasteiger partial charge in [-0.15, -0.1) is 0 Å². The molecule has 1 aromatic rings. The Morgan fingerprint density at radius 2 is 2.09 bits per heavy atom. The summed E-state index contributed by atoms with van der Waals surface area (Å²) in [6.07, 6.45) is 10.4.